The Kier molecular flexibility index (Phi) is 6.95. The molecule has 1 unspecified atom stereocenters. The molecule has 2 amide bonds. The first-order valence-electron chi connectivity index (χ1n) is 11.7. The third-order valence-corrected chi connectivity index (χ3v) is 7.42. The van der Waals surface area contributed by atoms with E-state index in [2.05, 4.69) is 10.3 Å². The van der Waals surface area contributed by atoms with Crippen molar-refractivity contribution in [3.63, 3.8) is 0 Å². The van der Waals surface area contributed by atoms with Crippen molar-refractivity contribution in [2.45, 2.75) is 44.6 Å². The van der Waals surface area contributed by atoms with Crippen molar-refractivity contribution in [2.75, 3.05) is 0 Å². The number of aromatic nitrogens is 2. The van der Waals surface area contributed by atoms with Crippen molar-refractivity contribution in [1.29, 1.82) is 0 Å². The molecule has 5 rings (SSSR count). The second-order valence-electron chi connectivity index (χ2n) is 8.95. The van der Waals surface area contributed by atoms with Crippen LogP contribution in [0.3, 0.4) is 0 Å². The average Bonchev–Trinajstić information content (AvgIpc) is 3.63. The van der Waals surface area contributed by atoms with E-state index >= 15 is 0 Å². The highest BCUT2D eigenvalue weighted by atomic mass is 32.1. The molecule has 198 valence electrons. The van der Waals surface area contributed by atoms with Crippen molar-refractivity contribution >= 4 is 34.2 Å². The monoisotopic (exact) mass is 544 g/mol. The minimum absolute atomic E-state index is 0.0343. The smallest absolute Gasteiger partial charge is 0.380 e. The lowest BCUT2D eigenvalue weighted by atomic mass is 10.1. The van der Waals surface area contributed by atoms with Gasteiger partial charge in [0.1, 0.15) is 0 Å². The number of nitrogens with zero attached hydrogens (tertiary/aromatic N) is 3. The maximum atomic E-state index is 13.6. The minimum atomic E-state index is -4.63. The van der Waals surface area contributed by atoms with Gasteiger partial charge in [-0.05, 0) is 35.4 Å². The van der Waals surface area contributed by atoms with E-state index < -0.39 is 36.0 Å². The number of para-hydroxylation sites is 2. The van der Waals surface area contributed by atoms with Gasteiger partial charge in [-0.1, -0.05) is 36.4 Å². The van der Waals surface area contributed by atoms with Crippen molar-refractivity contribution in [3.05, 3.63) is 87.4 Å². The maximum absolute atomic E-state index is 13.6. The van der Waals surface area contributed by atoms with Crippen LogP contribution >= 0.6 is 11.3 Å². The van der Waals surface area contributed by atoms with Gasteiger partial charge in [-0.15, -0.1) is 11.3 Å². The second-order valence-corrected chi connectivity index (χ2v) is 10.2. The molecule has 4 aromatic rings. The predicted molar refractivity (Wildman–Crippen MR) is 133 cm³/mol. The predicted octanol–water partition coefficient (Wildman–Crippen LogP) is 3.05. The third kappa shape index (κ3) is 5.15. The third-order valence-electron chi connectivity index (χ3n) is 6.35. The van der Waals surface area contributed by atoms with E-state index in [0.29, 0.717) is 15.3 Å². The molecule has 0 saturated carbocycles. The molecule has 0 aliphatic carbocycles. The van der Waals surface area contributed by atoms with Gasteiger partial charge in [0.2, 0.25) is 5.82 Å². The Morgan fingerprint density at radius 1 is 0.947 bits per heavy atom. The quantitative estimate of drug-likeness (QED) is 0.332. The van der Waals surface area contributed by atoms with E-state index in [9.17, 15) is 33.0 Å². The first-order chi connectivity index (χ1) is 18.1. The molecule has 38 heavy (non-hydrogen) atoms. The van der Waals surface area contributed by atoms with Crippen LogP contribution in [0.4, 0.5) is 13.2 Å². The van der Waals surface area contributed by atoms with Crippen LogP contribution in [0.15, 0.2) is 60.7 Å². The largest absolute Gasteiger partial charge is 0.449 e. The van der Waals surface area contributed by atoms with Gasteiger partial charge < -0.3 is 25.0 Å². The van der Waals surface area contributed by atoms with E-state index in [-0.39, 0.29) is 31.7 Å². The number of imidazole rings is 1. The highest BCUT2D eigenvalue weighted by Crippen LogP contribution is 2.33. The standard InChI is InChI=1S/C26H23F3N4O4S/c27-26(28,29)25-31-19-7-3-4-8-20(19)33(25)14-18-10-9-17(38-18)11-30-23(36)21(34)22(35)24(37)32-12-15-5-1-2-6-16(15)13-32/h1-10,21-22,34-35H,11-14H2,(H,30,36)/t21-,22?/m1/s1. The highest BCUT2D eigenvalue weighted by Gasteiger charge is 2.38. The Labute approximate surface area is 219 Å². The fourth-order valence-electron chi connectivity index (χ4n) is 4.44. The van der Waals surface area contributed by atoms with Gasteiger partial charge in [-0.25, -0.2) is 4.98 Å². The molecule has 1 aliphatic heterocycles. The number of aliphatic hydroxyl groups excluding tert-OH is 2. The highest BCUT2D eigenvalue weighted by molar-refractivity contribution is 7.12. The number of thiophene rings is 1. The molecule has 2 aromatic carbocycles. The summed E-state index contributed by atoms with van der Waals surface area (Å²) < 4.78 is 41.8. The lowest BCUT2D eigenvalue weighted by molar-refractivity contribution is -0.153. The number of hydrogen-bond donors (Lipinski definition) is 3. The van der Waals surface area contributed by atoms with E-state index in [1.165, 1.54) is 22.3 Å². The summed E-state index contributed by atoms with van der Waals surface area (Å²) in [5.74, 6) is -2.68. The summed E-state index contributed by atoms with van der Waals surface area (Å²) in [5, 5.41) is 23.1. The van der Waals surface area contributed by atoms with Crippen LogP contribution in [-0.4, -0.2) is 48.7 Å². The van der Waals surface area contributed by atoms with Crippen LogP contribution in [0.25, 0.3) is 11.0 Å². The lowest BCUT2D eigenvalue weighted by Gasteiger charge is -2.22. The Bertz CT molecular complexity index is 1470. The van der Waals surface area contributed by atoms with Crippen molar-refractivity contribution in [3.8, 4) is 0 Å². The molecule has 1 aliphatic rings. The minimum Gasteiger partial charge on any atom is -0.380 e. The number of rotatable bonds is 7. The van der Waals surface area contributed by atoms with Crippen molar-refractivity contribution < 1.29 is 33.0 Å². The zero-order chi connectivity index (χ0) is 27.0. The number of halogens is 3. The summed E-state index contributed by atoms with van der Waals surface area (Å²) in [5.41, 5.74) is 2.47. The number of aliphatic hydroxyl groups is 2. The van der Waals surface area contributed by atoms with Crippen LogP contribution in [0.2, 0.25) is 0 Å². The summed E-state index contributed by atoms with van der Waals surface area (Å²) in [6.07, 6.45) is -8.53. The Hall–Kier alpha value is -3.74. The number of carbonyl (C=O) groups excluding carboxylic acids is 2. The molecule has 2 atom stereocenters. The number of benzene rings is 2. The summed E-state index contributed by atoms with van der Waals surface area (Å²) >= 11 is 1.19. The Morgan fingerprint density at radius 3 is 2.26 bits per heavy atom. The maximum Gasteiger partial charge on any atom is 0.449 e. The summed E-state index contributed by atoms with van der Waals surface area (Å²) in [6, 6.07) is 17.1. The lowest BCUT2D eigenvalue weighted by Crippen LogP contribution is -2.49. The zero-order valence-electron chi connectivity index (χ0n) is 19.9. The van der Waals surface area contributed by atoms with Gasteiger partial charge in [-0.3, -0.25) is 9.59 Å². The topological polar surface area (TPSA) is 108 Å². The van der Waals surface area contributed by atoms with Crippen LogP contribution in [0.1, 0.15) is 26.7 Å². The molecule has 8 nitrogen and oxygen atoms in total. The summed E-state index contributed by atoms with van der Waals surface area (Å²) in [6.45, 7) is 0.455. The Morgan fingerprint density at radius 2 is 1.58 bits per heavy atom. The molecule has 0 radical (unpaired) electrons. The fraction of sp³-hybridized carbons (Fsp3) is 0.269. The molecule has 0 spiro atoms. The summed E-state index contributed by atoms with van der Waals surface area (Å²) in [4.78, 5) is 31.4. The SMILES string of the molecule is O=C(NCc1ccc(Cn2c(C(F)(F)F)nc3ccccc32)s1)[C@H](O)C(O)C(=O)N1Cc2ccccc2C1. The van der Waals surface area contributed by atoms with Crippen LogP contribution in [-0.2, 0) is 41.9 Å². The molecule has 0 bridgehead atoms. The van der Waals surface area contributed by atoms with E-state index in [0.717, 1.165) is 15.7 Å². The van der Waals surface area contributed by atoms with Gasteiger partial charge in [0.05, 0.1) is 24.1 Å². The van der Waals surface area contributed by atoms with E-state index in [4.69, 9.17) is 0 Å². The van der Waals surface area contributed by atoms with Gasteiger partial charge >= 0.3 is 6.18 Å². The molecule has 2 aromatic heterocycles. The van der Waals surface area contributed by atoms with Gasteiger partial charge in [0, 0.05) is 22.8 Å². The molecule has 0 saturated heterocycles. The number of carbonyl (C=O) groups is 2. The normalized spacial score (nSPS) is 14.9. The molecule has 0 fully saturated rings. The van der Waals surface area contributed by atoms with E-state index in [1.807, 2.05) is 24.3 Å². The zero-order valence-corrected chi connectivity index (χ0v) is 20.7. The Balaban J connectivity index is 1.20. The van der Waals surface area contributed by atoms with Gasteiger partial charge in [0.25, 0.3) is 11.8 Å². The fourth-order valence-corrected chi connectivity index (χ4v) is 5.39. The second kappa shape index (κ2) is 10.2. The molecule has 3 N–H and O–H groups in total. The number of amides is 2. The summed E-state index contributed by atoms with van der Waals surface area (Å²) in [7, 11) is 0. The van der Waals surface area contributed by atoms with Crippen molar-refractivity contribution in [2.24, 2.45) is 0 Å². The van der Waals surface area contributed by atoms with Gasteiger partial charge in [-0.2, -0.15) is 13.2 Å². The molecular formula is C26H23F3N4O4S. The molecule has 3 heterocycles. The van der Waals surface area contributed by atoms with Crippen LogP contribution in [0, 0.1) is 0 Å². The van der Waals surface area contributed by atoms with Crippen LogP contribution in [0.5, 0.6) is 0 Å². The van der Waals surface area contributed by atoms with E-state index in [1.54, 1.807) is 30.3 Å². The van der Waals surface area contributed by atoms with Crippen LogP contribution < -0.4 is 5.32 Å². The average molecular weight is 545 g/mol. The number of nitrogens with one attached hydrogen (secondary N) is 1. The van der Waals surface area contributed by atoms with Gasteiger partial charge in [0.15, 0.2) is 12.2 Å². The number of hydrogen-bond acceptors (Lipinski definition) is 6. The van der Waals surface area contributed by atoms with Crippen molar-refractivity contribution in [1.82, 2.24) is 19.8 Å². The number of alkyl halides is 3. The first kappa shape index (κ1) is 25.9. The number of fused-ring (bicyclic) bond motifs is 2. The molecular weight excluding hydrogens is 521 g/mol. The molecule has 12 heteroatoms. The first-order valence-corrected chi connectivity index (χ1v) is 12.5.